The second-order valence-electron chi connectivity index (χ2n) is 3.76. The van der Waals surface area contributed by atoms with Crippen molar-refractivity contribution in [3.8, 4) is 11.1 Å². The highest BCUT2D eigenvalue weighted by Gasteiger charge is 2.17. The van der Waals surface area contributed by atoms with Crippen LogP contribution in [0.15, 0.2) is 30.6 Å². The molecular weight excluding hydrogens is 232 g/mol. The molecule has 0 saturated heterocycles. The van der Waals surface area contributed by atoms with Gasteiger partial charge in [0.05, 0.1) is 12.8 Å². The van der Waals surface area contributed by atoms with E-state index in [1.165, 1.54) is 14.0 Å². The van der Waals surface area contributed by atoms with E-state index in [-0.39, 0.29) is 11.5 Å². The van der Waals surface area contributed by atoms with Crippen molar-refractivity contribution in [3.05, 3.63) is 42.0 Å². The summed E-state index contributed by atoms with van der Waals surface area (Å²) in [5.74, 6) is -0.656. The van der Waals surface area contributed by atoms with Crippen LogP contribution in [0.4, 0.5) is 0 Å². The molecule has 92 valence electrons. The molecule has 18 heavy (non-hydrogen) atoms. The van der Waals surface area contributed by atoms with Gasteiger partial charge in [0.1, 0.15) is 5.69 Å². The molecule has 0 saturated carbocycles. The van der Waals surface area contributed by atoms with E-state index >= 15 is 0 Å². The van der Waals surface area contributed by atoms with Crippen molar-refractivity contribution in [2.24, 2.45) is 0 Å². The van der Waals surface area contributed by atoms with Crippen LogP contribution in [-0.4, -0.2) is 28.8 Å². The van der Waals surface area contributed by atoms with Gasteiger partial charge in [0, 0.05) is 30.4 Å². The van der Waals surface area contributed by atoms with Gasteiger partial charge in [-0.1, -0.05) is 6.07 Å². The molecule has 0 fully saturated rings. The Balaban J connectivity index is 2.56. The summed E-state index contributed by atoms with van der Waals surface area (Å²) in [5.41, 5.74) is 2.05. The summed E-state index contributed by atoms with van der Waals surface area (Å²) >= 11 is 0. The lowest BCUT2D eigenvalue weighted by Crippen LogP contribution is -2.02. The number of H-pyrrole nitrogens is 1. The summed E-state index contributed by atoms with van der Waals surface area (Å²) in [6.45, 7) is 1.44. The molecule has 2 aromatic heterocycles. The molecule has 0 radical (unpaired) electrons. The Morgan fingerprint density at radius 2 is 2.17 bits per heavy atom. The van der Waals surface area contributed by atoms with Crippen molar-refractivity contribution < 1.29 is 14.3 Å². The molecule has 0 unspecified atom stereocenters. The second kappa shape index (κ2) is 4.83. The Bertz CT molecular complexity index is 588. The first-order chi connectivity index (χ1) is 8.63. The van der Waals surface area contributed by atoms with Crippen molar-refractivity contribution in [2.45, 2.75) is 6.92 Å². The molecule has 2 rings (SSSR count). The third kappa shape index (κ3) is 2.15. The van der Waals surface area contributed by atoms with Crippen LogP contribution in [0.1, 0.15) is 27.9 Å². The summed E-state index contributed by atoms with van der Waals surface area (Å²) in [4.78, 5) is 29.8. The topological polar surface area (TPSA) is 72.0 Å². The number of methoxy groups -OCH3 is 1. The highest BCUT2D eigenvalue weighted by atomic mass is 16.5. The highest BCUT2D eigenvalue weighted by Crippen LogP contribution is 2.24. The first kappa shape index (κ1) is 12.0. The molecule has 1 N–H and O–H groups in total. The molecule has 0 spiro atoms. The largest absolute Gasteiger partial charge is 0.464 e. The molecule has 0 amide bonds. The minimum atomic E-state index is -0.507. The zero-order valence-electron chi connectivity index (χ0n) is 10.1. The quantitative estimate of drug-likeness (QED) is 0.662. The van der Waals surface area contributed by atoms with Crippen molar-refractivity contribution >= 4 is 11.8 Å². The maximum absolute atomic E-state index is 11.6. The SMILES string of the molecule is COC(=O)c1cc(-c2cccnc2)c(C(C)=O)[nH]1. The molecule has 0 aromatic carbocycles. The summed E-state index contributed by atoms with van der Waals surface area (Å²) in [5, 5.41) is 0. The fourth-order valence-corrected chi connectivity index (χ4v) is 1.70. The molecule has 0 aliphatic carbocycles. The van der Waals surface area contributed by atoms with E-state index in [0.29, 0.717) is 11.3 Å². The lowest BCUT2D eigenvalue weighted by atomic mass is 10.1. The smallest absolute Gasteiger partial charge is 0.354 e. The van der Waals surface area contributed by atoms with Gasteiger partial charge >= 0.3 is 5.97 Å². The van der Waals surface area contributed by atoms with Crippen molar-refractivity contribution in [1.29, 1.82) is 0 Å². The number of carbonyl (C=O) groups is 2. The third-order valence-electron chi connectivity index (χ3n) is 2.55. The number of aromatic nitrogens is 2. The monoisotopic (exact) mass is 244 g/mol. The van der Waals surface area contributed by atoms with Gasteiger partial charge in [-0.15, -0.1) is 0 Å². The predicted octanol–water partition coefficient (Wildman–Crippen LogP) is 2.07. The average Bonchev–Trinajstić information content (AvgIpc) is 2.84. The van der Waals surface area contributed by atoms with Crippen LogP contribution in [0.25, 0.3) is 11.1 Å². The van der Waals surface area contributed by atoms with Crippen LogP contribution in [0.5, 0.6) is 0 Å². The van der Waals surface area contributed by atoms with E-state index in [0.717, 1.165) is 5.56 Å². The number of aromatic amines is 1. The van der Waals surface area contributed by atoms with E-state index in [1.54, 1.807) is 24.5 Å². The Morgan fingerprint density at radius 1 is 1.39 bits per heavy atom. The maximum atomic E-state index is 11.6. The van der Waals surface area contributed by atoms with E-state index in [1.807, 2.05) is 6.07 Å². The maximum Gasteiger partial charge on any atom is 0.354 e. The van der Waals surface area contributed by atoms with Gasteiger partial charge in [0.25, 0.3) is 0 Å². The Morgan fingerprint density at radius 3 is 2.72 bits per heavy atom. The Kier molecular flexibility index (Phi) is 3.23. The molecule has 0 bridgehead atoms. The number of Topliss-reactive ketones (excluding diaryl/α,β-unsaturated/α-hetero) is 1. The zero-order chi connectivity index (χ0) is 13.1. The van der Waals surface area contributed by atoms with Crippen LogP contribution >= 0.6 is 0 Å². The van der Waals surface area contributed by atoms with Gasteiger partial charge in [0.2, 0.25) is 0 Å². The van der Waals surface area contributed by atoms with Gasteiger partial charge in [-0.2, -0.15) is 0 Å². The summed E-state index contributed by atoms with van der Waals surface area (Å²) in [6, 6.07) is 5.19. The lowest BCUT2D eigenvalue weighted by Gasteiger charge is -1.99. The molecule has 0 aliphatic rings. The molecule has 2 heterocycles. The fourth-order valence-electron chi connectivity index (χ4n) is 1.70. The lowest BCUT2D eigenvalue weighted by molar-refractivity contribution is 0.0595. The van der Waals surface area contributed by atoms with Crippen LogP contribution < -0.4 is 0 Å². The van der Waals surface area contributed by atoms with E-state index in [4.69, 9.17) is 0 Å². The summed E-state index contributed by atoms with van der Waals surface area (Å²) in [6.07, 6.45) is 3.28. The van der Waals surface area contributed by atoms with Crippen molar-refractivity contribution in [2.75, 3.05) is 7.11 Å². The van der Waals surface area contributed by atoms with Crippen molar-refractivity contribution in [1.82, 2.24) is 9.97 Å². The van der Waals surface area contributed by atoms with E-state index in [2.05, 4.69) is 14.7 Å². The standard InChI is InChI=1S/C13H12N2O3/c1-8(16)12-10(9-4-3-5-14-7-9)6-11(15-12)13(17)18-2/h3-7,15H,1-2H3. The average molecular weight is 244 g/mol. The molecule has 0 atom stereocenters. The minimum absolute atomic E-state index is 0.149. The normalized spacial score (nSPS) is 10.1. The first-order valence-corrected chi connectivity index (χ1v) is 5.36. The fraction of sp³-hybridized carbons (Fsp3) is 0.154. The Labute approximate surface area is 104 Å². The van der Waals surface area contributed by atoms with Crippen LogP contribution in [0.3, 0.4) is 0 Å². The Hall–Kier alpha value is -2.43. The number of rotatable bonds is 3. The number of carbonyl (C=O) groups excluding carboxylic acids is 2. The minimum Gasteiger partial charge on any atom is -0.464 e. The van der Waals surface area contributed by atoms with E-state index in [9.17, 15) is 9.59 Å². The number of pyridine rings is 1. The molecule has 2 aromatic rings. The summed E-state index contributed by atoms with van der Waals surface area (Å²) in [7, 11) is 1.29. The van der Waals surface area contributed by atoms with Gasteiger partial charge in [-0.05, 0) is 12.1 Å². The first-order valence-electron chi connectivity index (χ1n) is 5.36. The zero-order valence-corrected chi connectivity index (χ0v) is 10.1. The number of hydrogen-bond donors (Lipinski definition) is 1. The van der Waals surface area contributed by atoms with Gasteiger partial charge in [-0.3, -0.25) is 9.78 Å². The van der Waals surface area contributed by atoms with Crippen LogP contribution in [-0.2, 0) is 4.74 Å². The van der Waals surface area contributed by atoms with Crippen LogP contribution in [0.2, 0.25) is 0 Å². The molecule has 5 heteroatoms. The summed E-state index contributed by atoms with van der Waals surface area (Å²) < 4.78 is 4.62. The molecular formula is C13H12N2O3. The molecule has 5 nitrogen and oxygen atoms in total. The number of ether oxygens (including phenoxy) is 1. The number of nitrogens with one attached hydrogen (secondary N) is 1. The second-order valence-corrected chi connectivity index (χ2v) is 3.76. The third-order valence-corrected chi connectivity index (χ3v) is 2.55. The highest BCUT2D eigenvalue weighted by molar-refractivity contribution is 6.02. The number of nitrogens with zero attached hydrogens (tertiary/aromatic N) is 1. The number of esters is 1. The number of hydrogen-bond acceptors (Lipinski definition) is 4. The van der Waals surface area contributed by atoms with Gasteiger partial charge in [0.15, 0.2) is 5.78 Å². The van der Waals surface area contributed by atoms with Gasteiger partial charge < -0.3 is 9.72 Å². The van der Waals surface area contributed by atoms with Crippen LogP contribution in [0, 0.1) is 0 Å². The van der Waals surface area contributed by atoms with Gasteiger partial charge in [-0.25, -0.2) is 4.79 Å². The van der Waals surface area contributed by atoms with Crippen molar-refractivity contribution in [3.63, 3.8) is 0 Å². The molecule has 0 aliphatic heterocycles. The predicted molar refractivity (Wildman–Crippen MR) is 65.4 cm³/mol. The van der Waals surface area contributed by atoms with E-state index < -0.39 is 5.97 Å². The number of ketones is 1.